The van der Waals surface area contributed by atoms with E-state index >= 15 is 0 Å². The quantitative estimate of drug-likeness (QED) is 0.800. The second-order valence-corrected chi connectivity index (χ2v) is 6.69. The number of rotatable bonds is 5. The van der Waals surface area contributed by atoms with Crippen molar-refractivity contribution in [3.05, 3.63) is 54.0 Å². The zero-order chi connectivity index (χ0) is 16.8. The minimum atomic E-state index is 0.219. The highest BCUT2D eigenvalue weighted by Gasteiger charge is 2.24. The Morgan fingerprint density at radius 3 is 2.67 bits per heavy atom. The molecule has 1 atom stereocenters. The second-order valence-electron chi connectivity index (χ2n) is 6.28. The molecule has 3 rings (SSSR count). The molecule has 128 valence electrons. The van der Waals surface area contributed by atoms with Crippen LogP contribution in [0.1, 0.15) is 36.6 Å². The normalized spacial score (nSPS) is 16.5. The zero-order valence-electron chi connectivity index (χ0n) is 14.1. The molecule has 0 bridgehead atoms. The molecule has 2 aromatic rings. The van der Waals surface area contributed by atoms with Gasteiger partial charge in [-0.2, -0.15) is 0 Å². The van der Waals surface area contributed by atoms with Gasteiger partial charge in [0.05, 0.1) is 12.3 Å². The van der Waals surface area contributed by atoms with Gasteiger partial charge in [0.15, 0.2) is 5.11 Å². The number of piperidine rings is 1. The van der Waals surface area contributed by atoms with Crippen LogP contribution < -0.4 is 10.6 Å². The average Bonchev–Trinajstić information content (AvgIpc) is 3.12. The molecule has 1 aromatic carbocycles. The molecule has 1 fully saturated rings. The number of thiocarbonyl (C=S) groups is 1. The van der Waals surface area contributed by atoms with Crippen molar-refractivity contribution in [2.24, 2.45) is 0 Å². The van der Waals surface area contributed by atoms with Gasteiger partial charge in [0.1, 0.15) is 5.76 Å². The maximum Gasteiger partial charge on any atom is 0.170 e. The molecule has 0 spiro atoms. The summed E-state index contributed by atoms with van der Waals surface area (Å²) in [5.41, 5.74) is 2.22. The third kappa shape index (κ3) is 4.36. The number of hydrogen-bond acceptors (Lipinski definition) is 3. The van der Waals surface area contributed by atoms with Gasteiger partial charge in [0.25, 0.3) is 0 Å². The summed E-state index contributed by atoms with van der Waals surface area (Å²) in [4.78, 5) is 2.49. The maximum atomic E-state index is 5.67. The maximum absolute atomic E-state index is 5.67. The monoisotopic (exact) mass is 343 g/mol. The van der Waals surface area contributed by atoms with E-state index in [2.05, 4.69) is 34.6 Å². The lowest BCUT2D eigenvalue weighted by molar-refractivity contribution is 0.146. The van der Waals surface area contributed by atoms with Gasteiger partial charge in [-0.15, -0.1) is 0 Å². The van der Waals surface area contributed by atoms with Crippen molar-refractivity contribution in [3.8, 4) is 0 Å². The van der Waals surface area contributed by atoms with Crippen LogP contribution in [0.5, 0.6) is 0 Å². The predicted molar refractivity (Wildman–Crippen MR) is 102 cm³/mol. The van der Waals surface area contributed by atoms with Crippen molar-refractivity contribution >= 4 is 23.0 Å². The third-order valence-corrected chi connectivity index (χ3v) is 4.80. The first-order chi connectivity index (χ1) is 11.7. The standard InChI is InChI=1S/C19H25N3OS/c1-15-8-3-4-9-16(15)21-19(24)20-14-17(18-10-7-13-23-18)22-11-5-2-6-12-22/h3-4,7-10,13,17H,2,5-6,11-12,14H2,1H3,(H2,20,21,24)/t17-/m1/s1. The summed E-state index contributed by atoms with van der Waals surface area (Å²) in [6.45, 7) is 5.05. The summed E-state index contributed by atoms with van der Waals surface area (Å²) in [6.07, 6.45) is 5.57. The van der Waals surface area contributed by atoms with Gasteiger partial charge in [-0.05, 0) is 68.8 Å². The van der Waals surface area contributed by atoms with E-state index in [9.17, 15) is 0 Å². The van der Waals surface area contributed by atoms with Crippen molar-refractivity contribution in [2.75, 3.05) is 25.0 Å². The SMILES string of the molecule is Cc1ccccc1NC(=S)NC[C@H](c1ccco1)N1CCCCC1. The molecule has 0 unspecified atom stereocenters. The molecule has 2 N–H and O–H groups in total. The largest absolute Gasteiger partial charge is 0.468 e. The van der Waals surface area contributed by atoms with Gasteiger partial charge in [-0.1, -0.05) is 24.6 Å². The van der Waals surface area contributed by atoms with Gasteiger partial charge in [-0.3, -0.25) is 4.90 Å². The summed E-state index contributed by atoms with van der Waals surface area (Å²) in [6, 6.07) is 12.4. The Balaban J connectivity index is 1.61. The molecule has 1 saturated heterocycles. The van der Waals surface area contributed by atoms with Crippen LogP contribution in [0.15, 0.2) is 47.1 Å². The van der Waals surface area contributed by atoms with E-state index in [4.69, 9.17) is 16.6 Å². The number of aryl methyl sites for hydroxylation is 1. The molecule has 1 aliphatic rings. The van der Waals surface area contributed by atoms with Crippen LogP contribution in [0.2, 0.25) is 0 Å². The molecule has 1 aliphatic heterocycles. The Hall–Kier alpha value is -1.85. The molecule has 1 aromatic heterocycles. The lowest BCUT2D eigenvalue weighted by Crippen LogP contribution is -2.41. The fourth-order valence-corrected chi connectivity index (χ4v) is 3.38. The average molecular weight is 343 g/mol. The van der Waals surface area contributed by atoms with Crippen molar-refractivity contribution in [2.45, 2.75) is 32.2 Å². The Morgan fingerprint density at radius 1 is 1.17 bits per heavy atom. The first-order valence-corrected chi connectivity index (χ1v) is 9.03. The molecule has 2 heterocycles. The predicted octanol–water partition coefficient (Wildman–Crippen LogP) is 4.10. The molecule has 0 aliphatic carbocycles. The molecule has 4 nitrogen and oxygen atoms in total. The molecule has 0 saturated carbocycles. The van der Waals surface area contributed by atoms with Gasteiger partial charge in [-0.25, -0.2) is 0 Å². The molecular formula is C19H25N3OS. The number of furan rings is 1. The van der Waals surface area contributed by atoms with E-state index in [-0.39, 0.29) is 6.04 Å². The van der Waals surface area contributed by atoms with Crippen LogP contribution in [0.25, 0.3) is 0 Å². The molecular weight excluding hydrogens is 318 g/mol. The second kappa shape index (κ2) is 8.31. The van der Waals surface area contributed by atoms with Crippen molar-refractivity contribution in [1.82, 2.24) is 10.2 Å². The van der Waals surface area contributed by atoms with Crippen LogP contribution in [0.4, 0.5) is 5.69 Å². The fraction of sp³-hybridized carbons (Fsp3) is 0.421. The van der Waals surface area contributed by atoms with Crippen LogP contribution in [0.3, 0.4) is 0 Å². The van der Waals surface area contributed by atoms with Crippen molar-refractivity contribution in [1.29, 1.82) is 0 Å². The highest BCUT2D eigenvalue weighted by Crippen LogP contribution is 2.24. The lowest BCUT2D eigenvalue weighted by atomic mass is 10.1. The summed E-state index contributed by atoms with van der Waals surface area (Å²) in [5, 5.41) is 7.30. The van der Waals surface area contributed by atoms with Gasteiger partial charge < -0.3 is 15.1 Å². The Morgan fingerprint density at radius 2 is 1.96 bits per heavy atom. The number of benzene rings is 1. The lowest BCUT2D eigenvalue weighted by Gasteiger charge is -2.33. The molecule has 0 amide bonds. The topological polar surface area (TPSA) is 40.4 Å². The van der Waals surface area contributed by atoms with Crippen LogP contribution in [-0.4, -0.2) is 29.6 Å². The number of para-hydroxylation sites is 1. The first kappa shape index (κ1) is 17.0. The molecule has 0 radical (unpaired) electrons. The van der Waals surface area contributed by atoms with E-state index in [1.807, 2.05) is 24.3 Å². The van der Waals surface area contributed by atoms with E-state index in [1.54, 1.807) is 6.26 Å². The summed E-state index contributed by atoms with van der Waals surface area (Å²) in [7, 11) is 0. The number of hydrogen-bond donors (Lipinski definition) is 2. The third-order valence-electron chi connectivity index (χ3n) is 4.55. The fourth-order valence-electron chi connectivity index (χ4n) is 3.19. The van der Waals surface area contributed by atoms with E-state index < -0.39 is 0 Å². The minimum absolute atomic E-state index is 0.219. The van der Waals surface area contributed by atoms with Crippen LogP contribution in [0, 0.1) is 6.92 Å². The Kier molecular flexibility index (Phi) is 5.88. The molecule has 5 heteroatoms. The van der Waals surface area contributed by atoms with Gasteiger partial charge in [0.2, 0.25) is 0 Å². The van der Waals surface area contributed by atoms with E-state index in [0.717, 1.165) is 31.1 Å². The van der Waals surface area contributed by atoms with Crippen LogP contribution >= 0.6 is 12.2 Å². The summed E-state index contributed by atoms with van der Waals surface area (Å²) < 4.78 is 5.67. The van der Waals surface area contributed by atoms with Crippen LogP contribution in [-0.2, 0) is 0 Å². The first-order valence-electron chi connectivity index (χ1n) is 8.62. The summed E-state index contributed by atoms with van der Waals surface area (Å²) in [5.74, 6) is 1.00. The van der Waals surface area contributed by atoms with Gasteiger partial charge >= 0.3 is 0 Å². The Bertz CT molecular complexity index is 650. The van der Waals surface area contributed by atoms with E-state index in [1.165, 1.54) is 24.8 Å². The highest BCUT2D eigenvalue weighted by molar-refractivity contribution is 7.80. The number of likely N-dealkylation sites (tertiary alicyclic amines) is 1. The minimum Gasteiger partial charge on any atom is -0.468 e. The summed E-state index contributed by atoms with van der Waals surface area (Å²) >= 11 is 5.47. The van der Waals surface area contributed by atoms with Crippen molar-refractivity contribution in [3.63, 3.8) is 0 Å². The van der Waals surface area contributed by atoms with Crippen molar-refractivity contribution < 1.29 is 4.42 Å². The number of nitrogens with one attached hydrogen (secondary N) is 2. The number of nitrogens with zero attached hydrogens (tertiary/aromatic N) is 1. The zero-order valence-corrected chi connectivity index (χ0v) is 14.9. The van der Waals surface area contributed by atoms with E-state index in [0.29, 0.717) is 5.11 Å². The smallest absolute Gasteiger partial charge is 0.170 e. The van der Waals surface area contributed by atoms with Gasteiger partial charge in [0, 0.05) is 12.2 Å². The number of anilines is 1. The highest BCUT2D eigenvalue weighted by atomic mass is 32.1. The Labute approximate surface area is 149 Å². The molecule has 24 heavy (non-hydrogen) atoms.